The lowest BCUT2D eigenvalue weighted by Gasteiger charge is -2.06. The topological polar surface area (TPSA) is 63.0 Å². The van der Waals surface area contributed by atoms with Crippen molar-refractivity contribution in [2.75, 3.05) is 11.9 Å². The predicted molar refractivity (Wildman–Crippen MR) is 73.7 cm³/mol. The van der Waals surface area contributed by atoms with Crippen molar-refractivity contribution in [2.24, 2.45) is 0 Å². The van der Waals surface area contributed by atoms with E-state index in [1.54, 1.807) is 0 Å². The Morgan fingerprint density at radius 3 is 2.75 bits per heavy atom. The number of benzene rings is 1. The molecule has 108 valence electrons. The highest BCUT2D eigenvalue weighted by Crippen LogP contribution is 2.26. The summed E-state index contributed by atoms with van der Waals surface area (Å²) in [5, 5.41) is 13.3. The van der Waals surface area contributed by atoms with E-state index in [9.17, 15) is 8.78 Å². The minimum atomic E-state index is -0.745. The van der Waals surface area contributed by atoms with E-state index in [1.165, 1.54) is 6.07 Å². The highest BCUT2D eigenvalue weighted by molar-refractivity contribution is 9.10. The van der Waals surface area contributed by atoms with Gasteiger partial charge in [0.25, 0.3) is 0 Å². The van der Waals surface area contributed by atoms with Crippen LogP contribution in [0.15, 0.2) is 21.0 Å². The van der Waals surface area contributed by atoms with E-state index in [-0.39, 0.29) is 22.2 Å². The Kier molecular flexibility index (Phi) is 4.66. The second-order valence-electron chi connectivity index (χ2n) is 4.10. The van der Waals surface area contributed by atoms with E-state index in [4.69, 9.17) is 4.42 Å². The van der Waals surface area contributed by atoms with Crippen molar-refractivity contribution in [3.63, 3.8) is 0 Å². The smallest absolute Gasteiger partial charge is 0.320 e. The number of nitrogens with zero attached hydrogens (tertiary/aromatic N) is 2. The maximum Gasteiger partial charge on any atom is 0.320 e. The van der Waals surface area contributed by atoms with Crippen LogP contribution < -0.4 is 10.6 Å². The maximum atomic E-state index is 13.6. The maximum absolute atomic E-state index is 13.6. The summed E-state index contributed by atoms with van der Waals surface area (Å²) in [4.78, 5) is 0. The first kappa shape index (κ1) is 14.9. The molecule has 1 aromatic heterocycles. The van der Waals surface area contributed by atoms with E-state index in [1.807, 2.05) is 13.8 Å². The van der Waals surface area contributed by atoms with Crippen LogP contribution in [0.25, 0.3) is 0 Å². The molecule has 0 bridgehead atoms. The Morgan fingerprint density at radius 1 is 1.30 bits per heavy atom. The Labute approximate surface area is 122 Å². The summed E-state index contributed by atoms with van der Waals surface area (Å²) in [5.74, 6) is -1.04. The molecule has 0 aliphatic rings. The van der Waals surface area contributed by atoms with E-state index >= 15 is 0 Å². The zero-order valence-electron chi connectivity index (χ0n) is 10.9. The second kappa shape index (κ2) is 6.27. The van der Waals surface area contributed by atoms with Gasteiger partial charge in [-0.25, -0.2) is 8.78 Å². The molecular weight excluding hydrogens is 334 g/mol. The van der Waals surface area contributed by atoms with Gasteiger partial charge in [-0.15, -0.1) is 5.10 Å². The normalized spacial score (nSPS) is 12.4. The van der Waals surface area contributed by atoms with Gasteiger partial charge in [0, 0.05) is 6.07 Å². The zero-order valence-corrected chi connectivity index (χ0v) is 12.5. The van der Waals surface area contributed by atoms with Gasteiger partial charge in [0.1, 0.15) is 11.6 Å². The minimum absolute atomic E-state index is 0.0437. The molecule has 1 aromatic carbocycles. The molecule has 1 heterocycles. The molecule has 0 radical (unpaired) electrons. The van der Waals surface area contributed by atoms with E-state index in [0.717, 1.165) is 12.6 Å². The van der Waals surface area contributed by atoms with Crippen LogP contribution in [-0.4, -0.2) is 16.7 Å². The lowest BCUT2D eigenvalue weighted by atomic mass is 10.3. The Bertz CT molecular complexity index is 605. The number of anilines is 2. The van der Waals surface area contributed by atoms with Gasteiger partial charge in [0.2, 0.25) is 5.89 Å². The predicted octanol–water partition coefficient (Wildman–Crippen LogP) is 3.52. The molecule has 0 saturated carbocycles. The SMILES string of the molecule is CCNC(C)c1nnc(Nc2cc(Br)c(F)cc2F)o1. The van der Waals surface area contributed by atoms with Crippen molar-refractivity contribution in [1.29, 1.82) is 0 Å². The van der Waals surface area contributed by atoms with Crippen LogP contribution in [0.3, 0.4) is 0 Å². The highest BCUT2D eigenvalue weighted by Gasteiger charge is 2.15. The van der Waals surface area contributed by atoms with Crippen LogP contribution in [0.4, 0.5) is 20.5 Å². The summed E-state index contributed by atoms with van der Waals surface area (Å²) in [6, 6.07) is 1.97. The molecule has 0 fully saturated rings. The van der Waals surface area contributed by atoms with Crippen LogP contribution >= 0.6 is 15.9 Å². The second-order valence-corrected chi connectivity index (χ2v) is 4.95. The van der Waals surface area contributed by atoms with E-state index in [0.29, 0.717) is 5.89 Å². The fourth-order valence-corrected chi connectivity index (χ4v) is 1.93. The molecule has 1 unspecified atom stereocenters. The fraction of sp³-hybridized carbons (Fsp3) is 0.333. The summed E-state index contributed by atoms with van der Waals surface area (Å²) >= 11 is 2.98. The molecule has 5 nitrogen and oxygen atoms in total. The molecule has 0 amide bonds. The van der Waals surface area contributed by atoms with Gasteiger partial charge in [-0.1, -0.05) is 12.0 Å². The summed E-state index contributed by atoms with van der Waals surface area (Å²) in [7, 11) is 0. The lowest BCUT2D eigenvalue weighted by molar-refractivity contribution is 0.430. The van der Waals surface area contributed by atoms with Gasteiger partial charge in [0.05, 0.1) is 16.2 Å². The van der Waals surface area contributed by atoms with E-state index < -0.39 is 11.6 Å². The van der Waals surface area contributed by atoms with Crippen molar-refractivity contribution in [3.8, 4) is 0 Å². The quantitative estimate of drug-likeness (QED) is 0.811. The third-order valence-electron chi connectivity index (χ3n) is 2.57. The number of halogens is 3. The average Bonchev–Trinajstić information content (AvgIpc) is 2.85. The molecule has 2 N–H and O–H groups in total. The number of nitrogens with one attached hydrogen (secondary N) is 2. The first-order chi connectivity index (χ1) is 9.51. The lowest BCUT2D eigenvalue weighted by Crippen LogP contribution is -2.17. The molecule has 0 saturated heterocycles. The van der Waals surface area contributed by atoms with E-state index in [2.05, 4.69) is 36.8 Å². The van der Waals surface area contributed by atoms with Crippen LogP contribution in [0.5, 0.6) is 0 Å². The molecule has 0 spiro atoms. The van der Waals surface area contributed by atoms with Crippen molar-refractivity contribution in [3.05, 3.63) is 34.1 Å². The molecular formula is C12H13BrF2N4O. The van der Waals surface area contributed by atoms with Crippen molar-refractivity contribution in [1.82, 2.24) is 15.5 Å². The molecule has 20 heavy (non-hydrogen) atoms. The van der Waals surface area contributed by atoms with Crippen LogP contribution in [0, 0.1) is 11.6 Å². The van der Waals surface area contributed by atoms with Crippen LogP contribution in [-0.2, 0) is 0 Å². The largest absolute Gasteiger partial charge is 0.406 e. The number of aromatic nitrogens is 2. The van der Waals surface area contributed by atoms with Crippen molar-refractivity contribution < 1.29 is 13.2 Å². The molecule has 0 aliphatic carbocycles. The van der Waals surface area contributed by atoms with Gasteiger partial charge in [-0.2, -0.15) is 0 Å². The fourth-order valence-electron chi connectivity index (χ4n) is 1.59. The van der Waals surface area contributed by atoms with Gasteiger partial charge in [0.15, 0.2) is 0 Å². The average molecular weight is 347 g/mol. The molecule has 2 aromatic rings. The molecule has 1 atom stereocenters. The summed E-state index contributed by atoms with van der Waals surface area (Å²) in [6.07, 6.45) is 0. The Balaban J connectivity index is 2.16. The third kappa shape index (κ3) is 3.31. The minimum Gasteiger partial charge on any atom is -0.406 e. The highest BCUT2D eigenvalue weighted by atomic mass is 79.9. The number of rotatable bonds is 5. The molecule has 2 rings (SSSR count). The van der Waals surface area contributed by atoms with Gasteiger partial charge >= 0.3 is 6.01 Å². The molecule has 0 aliphatic heterocycles. The van der Waals surface area contributed by atoms with Gasteiger partial charge in [-0.05, 0) is 35.5 Å². The van der Waals surface area contributed by atoms with Gasteiger partial charge < -0.3 is 15.1 Å². The number of hydrogen-bond acceptors (Lipinski definition) is 5. The standard InChI is InChI=1S/C12H13BrF2N4O/c1-3-16-6(2)11-18-19-12(20-11)17-10-4-7(13)8(14)5-9(10)15/h4-6,16H,3H2,1-2H3,(H,17,19). The third-order valence-corrected chi connectivity index (χ3v) is 3.18. The Hall–Kier alpha value is -1.54. The first-order valence-corrected chi connectivity index (χ1v) is 6.79. The number of hydrogen-bond donors (Lipinski definition) is 2. The van der Waals surface area contributed by atoms with Crippen molar-refractivity contribution in [2.45, 2.75) is 19.9 Å². The van der Waals surface area contributed by atoms with Crippen LogP contribution in [0.1, 0.15) is 25.8 Å². The summed E-state index contributed by atoms with van der Waals surface area (Å²) in [6.45, 7) is 4.58. The van der Waals surface area contributed by atoms with Crippen LogP contribution in [0.2, 0.25) is 0 Å². The van der Waals surface area contributed by atoms with Crippen molar-refractivity contribution >= 4 is 27.6 Å². The molecule has 8 heteroatoms. The zero-order chi connectivity index (χ0) is 14.7. The monoisotopic (exact) mass is 346 g/mol. The summed E-state index contributed by atoms with van der Waals surface area (Å²) in [5.41, 5.74) is 0.0459. The van der Waals surface area contributed by atoms with Gasteiger partial charge in [-0.3, -0.25) is 0 Å². The summed E-state index contributed by atoms with van der Waals surface area (Å²) < 4.78 is 32.2. The first-order valence-electron chi connectivity index (χ1n) is 5.99. The Morgan fingerprint density at radius 2 is 2.05 bits per heavy atom.